The number of H-pyrrole nitrogens is 1. The molecule has 0 fully saturated rings. The molecule has 0 aliphatic heterocycles. The molecule has 0 saturated heterocycles. The van der Waals surface area contributed by atoms with Crippen LogP contribution in [0.25, 0.3) is 10.9 Å². The molecule has 0 aliphatic carbocycles. The first kappa shape index (κ1) is 16.1. The Morgan fingerprint density at radius 1 is 1.17 bits per heavy atom. The fourth-order valence-electron chi connectivity index (χ4n) is 2.50. The number of aryl methyl sites for hydroxylation is 2. The third-order valence-electron chi connectivity index (χ3n) is 3.82. The predicted molar refractivity (Wildman–Crippen MR) is 97.0 cm³/mol. The Balaban J connectivity index is 2.09. The van der Waals surface area contributed by atoms with Gasteiger partial charge in [-0.3, -0.25) is 5.10 Å². The summed E-state index contributed by atoms with van der Waals surface area (Å²) in [5.74, 6) is 6.50. The van der Waals surface area contributed by atoms with Crippen molar-refractivity contribution in [2.75, 3.05) is 5.32 Å². The number of aromatic amines is 1. The molecule has 0 bridgehead atoms. The summed E-state index contributed by atoms with van der Waals surface area (Å²) in [5, 5.41) is 11.7. The van der Waals surface area contributed by atoms with Gasteiger partial charge >= 0.3 is 0 Å². The van der Waals surface area contributed by atoms with Gasteiger partial charge in [-0.05, 0) is 49.7 Å². The van der Waals surface area contributed by atoms with Gasteiger partial charge in [0.1, 0.15) is 5.82 Å². The molecule has 3 rings (SSSR count). The van der Waals surface area contributed by atoms with Crippen LogP contribution in [0.4, 0.5) is 15.8 Å². The number of hydrogen-bond donors (Lipinski definition) is 2. The maximum absolute atomic E-state index is 13.5. The highest BCUT2D eigenvalue weighted by Gasteiger charge is 2.09. The van der Waals surface area contributed by atoms with E-state index in [9.17, 15) is 4.39 Å². The number of fused-ring (bicyclic) bond motifs is 1. The molecular weight excluding hydrogens is 301 g/mol. The highest BCUT2D eigenvalue weighted by molar-refractivity contribution is 5.88. The molecule has 2 N–H and O–H groups in total. The second-order valence-electron chi connectivity index (χ2n) is 6.27. The Labute approximate surface area is 141 Å². The molecule has 3 nitrogen and oxygen atoms in total. The zero-order valence-corrected chi connectivity index (χ0v) is 14.3. The third kappa shape index (κ3) is 3.26. The fourth-order valence-corrected chi connectivity index (χ4v) is 2.50. The van der Waals surface area contributed by atoms with Gasteiger partial charge in [0.05, 0.1) is 22.5 Å². The molecule has 0 unspecified atom stereocenters. The lowest BCUT2D eigenvalue weighted by Gasteiger charge is -2.11. The zero-order valence-electron chi connectivity index (χ0n) is 14.3. The van der Waals surface area contributed by atoms with Crippen LogP contribution in [0.5, 0.6) is 0 Å². The van der Waals surface area contributed by atoms with E-state index in [2.05, 4.69) is 41.2 Å². The van der Waals surface area contributed by atoms with Gasteiger partial charge < -0.3 is 5.32 Å². The standard InChI is InChI=1S/C20H20FN3/c1-12(2)5-6-15-10-20-17(14(4)23-24-20)11-19(15)22-16-7-8-18(21)13(3)9-16/h7-12,22H,1-4H3,(H,23,24). The predicted octanol–water partition coefficient (Wildman–Crippen LogP) is 5.07. The highest BCUT2D eigenvalue weighted by Crippen LogP contribution is 2.28. The number of nitrogens with zero attached hydrogens (tertiary/aromatic N) is 1. The second-order valence-corrected chi connectivity index (χ2v) is 6.27. The molecule has 3 aromatic rings. The minimum atomic E-state index is -0.207. The van der Waals surface area contributed by atoms with E-state index in [1.165, 1.54) is 6.07 Å². The van der Waals surface area contributed by atoms with E-state index >= 15 is 0 Å². The average Bonchev–Trinajstić information content (AvgIpc) is 2.89. The lowest BCUT2D eigenvalue weighted by Crippen LogP contribution is -1.96. The quantitative estimate of drug-likeness (QED) is 0.647. The van der Waals surface area contributed by atoms with Crippen molar-refractivity contribution >= 4 is 22.3 Å². The van der Waals surface area contributed by atoms with Crippen LogP contribution in [-0.4, -0.2) is 10.2 Å². The van der Waals surface area contributed by atoms with E-state index in [1.807, 2.05) is 19.1 Å². The minimum absolute atomic E-state index is 0.207. The lowest BCUT2D eigenvalue weighted by atomic mass is 10.1. The Kier molecular flexibility index (Phi) is 4.26. The molecule has 24 heavy (non-hydrogen) atoms. The van der Waals surface area contributed by atoms with Crippen LogP contribution in [0.3, 0.4) is 0 Å². The monoisotopic (exact) mass is 321 g/mol. The second kappa shape index (κ2) is 6.37. The maximum Gasteiger partial charge on any atom is 0.126 e. The van der Waals surface area contributed by atoms with Crippen molar-refractivity contribution in [1.82, 2.24) is 10.2 Å². The van der Waals surface area contributed by atoms with E-state index in [4.69, 9.17) is 0 Å². The van der Waals surface area contributed by atoms with Crippen molar-refractivity contribution in [2.45, 2.75) is 27.7 Å². The summed E-state index contributed by atoms with van der Waals surface area (Å²) in [4.78, 5) is 0. The molecule has 0 radical (unpaired) electrons. The third-order valence-corrected chi connectivity index (χ3v) is 3.82. The molecular formula is C20H20FN3. The van der Waals surface area contributed by atoms with Crippen molar-refractivity contribution in [3.8, 4) is 11.8 Å². The molecule has 4 heteroatoms. The summed E-state index contributed by atoms with van der Waals surface area (Å²) in [6.45, 7) is 7.83. The van der Waals surface area contributed by atoms with Gasteiger partial charge in [0, 0.05) is 17.0 Å². The molecule has 0 aliphatic rings. The van der Waals surface area contributed by atoms with Gasteiger partial charge in [0.15, 0.2) is 0 Å². The van der Waals surface area contributed by atoms with Crippen LogP contribution >= 0.6 is 0 Å². The van der Waals surface area contributed by atoms with Crippen LogP contribution < -0.4 is 5.32 Å². The van der Waals surface area contributed by atoms with Gasteiger partial charge in [0.2, 0.25) is 0 Å². The number of anilines is 2. The minimum Gasteiger partial charge on any atom is -0.354 e. The first-order valence-electron chi connectivity index (χ1n) is 7.97. The molecule has 0 saturated carbocycles. The summed E-state index contributed by atoms with van der Waals surface area (Å²) in [5.41, 5.74) is 5.12. The summed E-state index contributed by atoms with van der Waals surface area (Å²) in [7, 11) is 0. The summed E-state index contributed by atoms with van der Waals surface area (Å²) < 4.78 is 13.5. The Hall–Kier alpha value is -2.80. The number of rotatable bonds is 2. The van der Waals surface area contributed by atoms with Crippen molar-refractivity contribution < 1.29 is 4.39 Å². The number of nitrogens with one attached hydrogen (secondary N) is 2. The number of halogens is 1. The van der Waals surface area contributed by atoms with E-state index in [0.29, 0.717) is 5.56 Å². The van der Waals surface area contributed by atoms with Crippen LogP contribution in [0.15, 0.2) is 30.3 Å². The molecule has 1 heterocycles. The van der Waals surface area contributed by atoms with Gasteiger partial charge in [-0.2, -0.15) is 5.10 Å². The summed E-state index contributed by atoms with van der Waals surface area (Å²) >= 11 is 0. The van der Waals surface area contributed by atoms with Crippen LogP contribution in [0.1, 0.15) is 30.7 Å². The van der Waals surface area contributed by atoms with Crippen LogP contribution in [-0.2, 0) is 0 Å². The lowest BCUT2D eigenvalue weighted by molar-refractivity contribution is 0.619. The largest absolute Gasteiger partial charge is 0.354 e. The van der Waals surface area contributed by atoms with Crippen LogP contribution in [0, 0.1) is 37.4 Å². The number of aromatic nitrogens is 2. The summed E-state index contributed by atoms with van der Waals surface area (Å²) in [6, 6.07) is 9.04. The maximum atomic E-state index is 13.5. The number of benzene rings is 2. The van der Waals surface area contributed by atoms with E-state index in [-0.39, 0.29) is 11.7 Å². The Bertz CT molecular complexity index is 958. The van der Waals surface area contributed by atoms with Crippen molar-refractivity contribution in [2.24, 2.45) is 5.92 Å². The number of hydrogen-bond acceptors (Lipinski definition) is 2. The normalized spacial score (nSPS) is 10.8. The van der Waals surface area contributed by atoms with E-state index < -0.39 is 0 Å². The van der Waals surface area contributed by atoms with Gasteiger partial charge in [-0.25, -0.2) is 4.39 Å². The summed E-state index contributed by atoms with van der Waals surface area (Å²) in [6.07, 6.45) is 0. The first-order chi connectivity index (χ1) is 11.4. The van der Waals surface area contributed by atoms with Gasteiger partial charge in [0.25, 0.3) is 0 Å². The van der Waals surface area contributed by atoms with Crippen molar-refractivity contribution in [3.63, 3.8) is 0 Å². The molecule has 0 spiro atoms. The van der Waals surface area contributed by atoms with Gasteiger partial charge in [-0.1, -0.05) is 25.7 Å². The van der Waals surface area contributed by atoms with Crippen molar-refractivity contribution in [1.29, 1.82) is 0 Å². The smallest absolute Gasteiger partial charge is 0.126 e. The average molecular weight is 321 g/mol. The zero-order chi connectivity index (χ0) is 17.3. The van der Waals surface area contributed by atoms with Crippen LogP contribution in [0.2, 0.25) is 0 Å². The van der Waals surface area contributed by atoms with E-state index in [0.717, 1.165) is 33.5 Å². The topological polar surface area (TPSA) is 40.7 Å². The molecule has 0 amide bonds. The fraction of sp³-hybridized carbons (Fsp3) is 0.250. The highest BCUT2D eigenvalue weighted by atomic mass is 19.1. The molecule has 2 aromatic carbocycles. The van der Waals surface area contributed by atoms with Gasteiger partial charge in [-0.15, -0.1) is 0 Å². The first-order valence-corrected chi connectivity index (χ1v) is 7.97. The molecule has 1 aromatic heterocycles. The molecule has 122 valence electrons. The Morgan fingerprint density at radius 2 is 1.96 bits per heavy atom. The van der Waals surface area contributed by atoms with E-state index in [1.54, 1.807) is 19.1 Å². The van der Waals surface area contributed by atoms with Crippen molar-refractivity contribution in [3.05, 3.63) is 53.0 Å². The molecule has 0 atom stereocenters. The Morgan fingerprint density at radius 3 is 2.67 bits per heavy atom. The SMILES string of the molecule is Cc1cc(Nc2cc3c(C)n[nH]c3cc2C#CC(C)C)ccc1F.